The summed E-state index contributed by atoms with van der Waals surface area (Å²) >= 11 is 1.52. The maximum atomic E-state index is 14.0. The molecular weight excluding hydrogens is 380 g/mol. The smallest absolute Gasteiger partial charge is 0.334 e. The third-order valence-corrected chi connectivity index (χ3v) is 5.84. The van der Waals surface area contributed by atoms with Gasteiger partial charge in [0, 0.05) is 18.3 Å². The molecule has 3 rings (SSSR count). The Kier molecular flexibility index (Phi) is 6.87. The number of aliphatic carboxylic acids is 1. The predicted octanol–water partition coefficient (Wildman–Crippen LogP) is 5.00. The standard InChI is InChI=1S/C22H21F2NO2S/c23-18-11-9-16(10-12-18)5-4-14-28-21-19(22(26)27)7-3-13-25(21)15-17-6-1-2-8-20(17)24/h1-3,6-13,21H,4-5,14-15H2,(H,26,27). The number of carboxylic acids is 1. The highest BCUT2D eigenvalue weighted by molar-refractivity contribution is 8.00. The van der Waals surface area contributed by atoms with Gasteiger partial charge in [-0.1, -0.05) is 30.3 Å². The van der Waals surface area contributed by atoms with Crippen molar-refractivity contribution in [3.8, 4) is 0 Å². The van der Waals surface area contributed by atoms with Crippen LogP contribution in [0.4, 0.5) is 8.78 Å². The molecule has 2 aromatic rings. The lowest BCUT2D eigenvalue weighted by Gasteiger charge is -2.33. The Morgan fingerprint density at radius 2 is 1.86 bits per heavy atom. The predicted molar refractivity (Wildman–Crippen MR) is 108 cm³/mol. The van der Waals surface area contributed by atoms with Gasteiger partial charge < -0.3 is 10.0 Å². The van der Waals surface area contributed by atoms with Gasteiger partial charge in [-0.25, -0.2) is 13.6 Å². The normalized spacial score (nSPS) is 16.1. The molecule has 1 unspecified atom stereocenters. The fourth-order valence-electron chi connectivity index (χ4n) is 3.04. The molecule has 0 amide bonds. The molecule has 2 aromatic carbocycles. The van der Waals surface area contributed by atoms with Crippen molar-refractivity contribution in [1.82, 2.24) is 4.90 Å². The van der Waals surface area contributed by atoms with Gasteiger partial charge in [0.2, 0.25) is 0 Å². The topological polar surface area (TPSA) is 40.5 Å². The molecule has 0 aromatic heterocycles. The van der Waals surface area contributed by atoms with Crippen molar-refractivity contribution in [2.75, 3.05) is 5.75 Å². The van der Waals surface area contributed by atoms with Crippen molar-refractivity contribution in [2.45, 2.75) is 24.8 Å². The van der Waals surface area contributed by atoms with Crippen LogP contribution in [-0.2, 0) is 17.8 Å². The van der Waals surface area contributed by atoms with Crippen LogP contribution in [-0.4, -0.2) is 27.1 Å². The number of rotatable bonds is 8. The molecule has 1 aliphatic heterocycles. The molecule has 3 nitrogen and oxygen atoms in total. The van der Waals surface area contributed by atoms with Gasteiger partial charge in [-0.2, -0.15) is 0 Å². The Labute approximate surface area is 167 Å². The molecule has 6 heteroatoms. The summed E-state index contributed by atoms with van der Waals surface area (Å²) in [7, 11) is 0. The fraction of sp³-hybridized carbons (Fsp3) is 0.227. The number of thioether (sulfide) groups is 1. The van der Waals surface area contributed by atoms with Crippen LogP contribution in [0.25, 0.3) is 0 Å². The van der Waals surface area contributed by atoms with Gasteiger partial charge >= 0.3 is 5.97 Å². The maximum Gasteiger partial charge on any atom is 0.334 e. The molecule has 0 radical (unpaired) electrons. The monoisotopic (exact) mass is 401 g/mol. The minimum Gasteiger partial charge on any atom is -0.478 e. The van der Waals surface area contributed by atoms with Crippen LogP contribution >= 0.6 is 11.8 Å². The number of hydrogen-bond donors (Lipinski definition) is 1. The highest BCUT2D eigenvalue weighted by Crippen LogP contribution is 2.30. The van der Waals surface area contributed by atoms with Gasteiger partial charge in [0.05, 0.1) is 5.57 Å². The van der Waals surface area contributed by atoms with Crippen LogP contribution in [0.15, 0.2) is 72.5 Å². The molecule has 0 saturated carbocycles. The molecule has 0 bridgehead atoms. The number of nitrogens with zero attached hydrogens (tertiary/aromatic N) is 1. The maximum absolute atomic E-state index is 14.0. The summed E-state index contributed by atoms with van der Waals surface area (Å²) in [4.78, 5) is 13.5. The average molecular weight is 401 g/mol. The first-order valence-corrected chi connectivity index (χ1v) is 10.1. The first kappa shape index (κ1) is 20.1. The van der Waals surface area contributed by atoms with Gasteiger partial charge in [-0.3, -0.25) is 0 Å². The number of benzene rings is 2. The number of aryl methyl sites for hydroxylation is 1. The summed E-state index contributed by atoms with van der Waals surface area (Å²) in [5, 5.41) is 9.16. The fourth-order valence-corrected chi connectivity index (χ4v) is 4.27. The zero-order chi connectivity index (χ0) is 19.9. The second-order valence-electron chi connectivity index (χ2n) is 6.49. The van der Waals surface area contributed by atoms with Gasteiger partial charge in [-0.05, 0) is 54.5 Å². The molecule has 0 saturated heterocycles. The zero-order valence-electron chi connectivity index (χ0n) is 15.2. The number of carbonyl (C=O) groups is 1. The third kappa shape index (κ3) is 5.23. The number of carboxylic acid groups (broad SMARTS) is 1. The molecule has 1 aliphatic rings. The average Bonchev–Trinajstić information content (AvgIpc) is 2.69. The van der Waals surface area contributed by atoms with E-state index in [9.17, 15) is 18.7 Å². The van der Waals surface area contributed by atoms with Crippen LogP contribution in [0.5, 0.6) is 0 Å². The molecule has 0 fully saturated rings. The summed E-state index contributed by atoms with van der Waals surface area (Å²) in [6.45, 7) is 0.295. The third-order valence-electron chi connectivity index (χ3n) is 4.48. The van der Waals surface area contributed by atoms with E-state index < -0.39 is 11.3 Å². The Morgan fingerprint density at radius 1 is 1.11 bits per heavy atom. The summed E-state index contributed by atoms with van der Waals surface area (Å²) < 4.78 is 27.0. The molecule has 28 heavy (non-hydrogen) atoms. The largest absolute Gasteiger partial charge is 0.478 e. The minimum atomic E-state index is -0.973. The second-order valence-corrected chi connectivity index (χ2v) is 7.67. The molecule has 0 spiro atoms. The Balaban J connectivity index is 1.64. The second kappa shape index (κ2) is 9.55. The summed E-state index contributed by atoms with van der Waals surface area (Å²) in [6, 6.07) is 12.9. The van der Waals surface area contributed by atoms with Crippen molar-refractivity contribution in [1.29, 1.82) is 0 Å². The molecule has 1 N–H and O–H groups in total. The van der Waals surface area contributed by atoms with E-state index in [4.69, 9.17) is 0 Å². The Morgan fingerprint density at radius 3 is 2.57 bits per heavy atom. The van der Waals surface area contributed by atoms with Gasteiger partial charge in [0.25, 0.3) is 0 Å². The summed E-state index contributed by atoms with van der Waals surface area (Å²) in [5.74, 6) is -0.803. The quantitative estimate of drug-likeness (QED) is 0.632. The van der Waals surface area contributed by atoms with E-state index in [2.05, 4.69) is 0 Å². The van der Waals surface area contributed by atoms with E-state index in [1.54, 1.807) is 48.7 Å². The van der Waals surface area contributed by atoms with Crippen LogP contribution in [0, 0.1) is 11.6 Å². The van der Waals surface area contributed by atoms with E-state index in [1.807, 2.05) is 4.90 Å². The molecule has 146 valence electrons. The minimum absolute atomic E-state index is 0.257. The Hall–Kier alpha value is -2.60. The summed E-state index contributed by atoms with van der Waals surface area (Å²) in [5.41, 5.74) is 1.85. The van der Waals surface area contributed by atoms with Crippen molar-refractivity contribution >= 4 is 17.7 Å². The van der Waals surface area contributed by atoms with Crippen molar-refractivity contribution in [3.63, 3.8) is 0 Å². The highest BCUT2D eigenvalue weighted by atomic mass is 32.2. The van der Waals surface area contributed by atoms with Crippen LogP contribution in [0.3, 0.4) is 0 Å². The lowest BCUT2D eigenvalue weighted by molar-refractivity contribution is -0.133. The first-order valence-electron chi connectivity index (χ1n) is 9.01. The van der Waals surface area contributed by atoms with Gasteiger partial charge in [0.1, 0.15) is 17.0 Å². The van der Waals surface area contributed by atoms with E-state index >= 15 is 0 Å². The first-order chi connectivity index (χ1) is 13.5. The number of halogens is 2. The molecule has 1 heterocycles. The number of hydrogen-bond acceptors (Lipinski definition) is 3. The van der Waals surface area contributed by atoms with Crippen molar-refractivity contribution in [3.05, 3.63) is 95.2 Å². The van der Waals surface area contributed by atoms with Crippen molar-refractivity contribution < 1.29 is 18.7 Å². The highest BCUT2D eigenvalue weighted by Gasteiger charge is 2.27. The van der Waals surface area contributed by atoms with Gasteiger partial charge in [-0.15, -0.1) is 11.8 Å². The van der Waals surface area contributed by atoms with Crippen LogP contribution in [0.2, 0.25) is 0 Å². The Bertz CT molecular complexity index is 880. The van der Waals surface area contributed by atoms with E-state index in [1.165, 1.54) is 30.0 Å². The summed E-state index contributed by atoms with van der Waals surface area (Å²) in [6.07, 6.45) is 6.69. The van der Waals surface area contributed by atoms with E-state index in [0.717, 1.165) is 24.2 Å². The van der Waals surface area contributed by atoms with Crippen LogP contribution in [0.1, 0.15) is 17.5 Å². The lowest BCUT2D eigenvalue weighted by Crippen LogP contribution is -2.34. The van der Waals surface area contributed by atoms with Gasteiger partial charge in [0.15, 0.2) is 0 Å². The lowest BCUT2D eigenvalue weighted by atomic mass is 10.1. The van der Waals surface area contributed by atoms with E-state index in [-0.39, 0.29) is 17.2 Å². The number of allylic oxidation sites excluding steroid dienone is 2. The van der Waals surface area contributed by atoms with E-state index in [0.29, 0.717) is 12.1 Å². The molecular formula is C22H21F2NO2S. The molecule has 1 atom stereocenters. The van der Waals surface area contributed by atoms with Crippen LogP contribution < -0.4 is 0 Å². The zero-order valence-corrected chi connectivity index (χ0v) is 16.0. The SMILES string of the molecule is O=C(O)C1=CC=CN(Cc2ccccc2F)C1SCCCc1ccc(F)cc1. The van der Waals surface area contributed by atoms with Crippen molar-refractivity contribution in [2.24, 2.45) is 0 Å². The molecule has 0 aliphatic carbocycles.